The summed E-state index contributed by atoms with van der Waals surface area (Å²) in [7, 11) is 0. The zero-order valence-corrected chi connectivity index (χ0v) is 27.7. The van der Waals surface area contributed by atoms with Gasteiger partial charge in [0.2, 0.25) is 0 Å². The Kier molecular flexibility index (Phi) is 14.9. The Balaban J connectivity index is 0.000000401. The molecule has 4 aliphatic carbocycles. The Hall–Kier alpha value is -0.0800. The maximum Gasteiger partial charge on any atom is 0.0860 e. The average Bonchev–Trinajstić information content (AvgIpc) is 3.64. The first-order valence-corrected chi connectivity index (χ1v) is 15.4. The number of hydrogen-bond donors (Lipinski definition) is 0. The van der Waals surface area contributed by atoms with E-state index in [0.717, 1.165) is 41.5 Å². The second-order valence-corrected chi connectivity index (χ2v) is 16.8. The molecular weight excluding hydrogens is 440 g/mol. The summed E-state index contributed by atoms with van der Waals surface area (Å²) in [6.07, 6.45) is 15.8. The zero-order valence-electron chi connectivity index (χ0n) is 27.7. The van der Waals surface area contributed by atoms with Gasteiger partial charge in [0.1, 0.15) is 0 Å². The van der Waals surface area contributed by atoms with Gasteiger partial charge in [0.15, 0.2) is 0 Å². The zero-order chi connectivity index (χ0) is 28.3. The Morgan fingerprint density at radius 1 is 0.417 bits per heavy atom. The van der Waals surface area contributed by atoms with Gasteiger partial charge in [0.25, 0.3) is 0 Å². The number of hydrogen-bond acceptors (Lipinski definition) is 2. The molecule has 2 aliphatic heterocycles. The van der Waals surface area contributed by atoms with Crippen molar-refractivity contribution in [3.05, 3.63) is 0 Å². The summed E-state index contributed by atoms with van der Waals surface area (Å²) in [5.74, 6) is 0. The minimum atomic E-state index is 0.250. The van der Waals surface area contributed by atoms with E-state index < -0.39 is 0 Å². The monoisotopic (exact) mass is 511 g/mol. The highest BCUT2D eigenvalue weighted by Crippen LogP contribution is 2.44. The summed E-state index contributed by atoms with van der Waals surface area (Å²) in [5, 5.41) is 0. The lowest BCUT2D eigenvalue weighted by molar-refractivity contribution is -0.0892. The molecule has 0 aromatic heterocycles. The predicted octanol–water partition coefficient (Wildman–Crippen LogP) is 11.3. The van der Waals surface area contributed by atoms with Crippen LogP contribution in [0.4, 0.5) is 0 Å². The number of epoxide rings is 1. The second kappa shape index (κ2) is 14.9. The van der Waals surface area contributed by atoms with Crippen molar-refractivity contribution in [1.82, 2.24) is 0 Å². The molecule has 36 heavy (non-hydrogen) atoms. The standard InChI is InChI=1S/2C6H12.C5H10O.2C5H10.C4H8O.C3H8/c2*1-6(2)4-3-5-6;1-5(2)3-6-4-5;2*1-5(2)3-4-5;1-4(2)3-5-4;1-3-2/h2*3-5H2,1-2H3;3-4H2,1-2H3;2*3-4H2,1-2H3;3H2,1-2H3;3H2,1-2H3. The quantitative estimate of drug-likeness (QED) is 0.302. The highest BCUT2D eigenvalue weighted by molar-refractivity contribution is 4.83. The van der Waals surface area contributed by atoms with Gasteiger partial charge in [-0.3, -0.25) is 0 Å². The number of ether oxygens (including phenoxy) is 2. The third-order valence-corrected chi connectivity index (χ3v) is 7.62. The van der Waals surface area contributed by atoms with Crippen LogP contribution in [0.2, 0.25) is 0 Å². The maximum absolute atomic E-state index is 4.94. The predicted molar refractivity (Wildman–Crippen MR) is 162 cm³/mol. The van der Waals surface area contributed by atoms with Crippen LogP contribution in [0.3, 0.4) is 0 Å². The van der Waals surface area contributed by atoms with Crippen molar-refractivity contribution in [1.29, 1.82) is 0 Å². The molecule has 2 saturated heterocycles. The average molecular weight is 511 g/mol. The molecule has 2 heterocycles. The van der Waals surface area contributed by atoms with Gasteiger partial charge in [0, 0.05) is 5.41 Å². The van der Waals surface area contributed by atoms with Crippen LogP contribution in [0.5, 0.6) is 0 Å². The van der Waals surface area contributed by atoms with Crippen molar-refractivity contribution in [3.63, 3.8) is 0 Å². The SMILES string of the molecule is CC1(C)CC1.CC1(C)CC1.CC1(C)CCC1.CC1(C)CCC1.CC1(C)CO1.CC1(C)COC1.CCC. The first kappa shape index (κ1) is 35.9. The molecular formula is C34H70O2. The molecule has 4 saturated carbocycles. The molecule has 0 bridgehead atoms. The van der Waals surface area contributed by atoms with E-state index in [1.54, 1.807) is 0 Å². The summed E-state index contributed by atoms with van der Waals surface area (Å²) in [6.45, 7) is 34.2. The summed E-state index contributed by atoms with van der Waals surface area (Å²) >= 11 is 0. The molecule has 6 fully saturated rings. The molecule has 6 aliphatic rings. The highest BCUT2D eigenvalue weighted by Gasteiger charge is 2.32. The molecule has 6 rings (SSSR count). The highest BCUT2D eigenvalue weighted by atomic mass is 16.6. The van der Waals surface area contributed by atoms with E-state index in [4.69, 9.17) is 9.47 Å². The fourth-order valence-corrected chi connectivity index (χ4v) is 2.92. The van der Waals surface area contributed by atoms with Gasteiger partial charge in [-0.25, -0.2) is 0 Å². The van der Waals surface area contributed by atoms with Crippen LogP contribution in [0.1, 0.15) is 168 Å². The maximum atomic E-state index is 4.94. The van der Waals surface area contributed by atoms with E-state index in [1.165, 1.54) is 70.6 Å². The van der Waals surface area contributed by atoms with Crippen molar-refractivity contribution < 1.29 is 9.47 Å². The molecule has 0 spiro atoms. The van der Waals surface area contributed by atoms with Gasteiger partial charge in [0.05, 0.1) is 25.4 Å². The normalized spacial score (nSPS) is 27.5. The van der Waals surface area contributed by atoms with E-state index in [9.17, 15) is 0 Å². The molecule has 0 N–H and O–H groups in total. The van der Waals surface area contributed by atoms with Crippen molar-refractivity contribution in [2.75, 3.05) is 19.8 Å². The second-order valence-electron chi connectivity index (χ2n) is 16.8. The van der Waals surface area contributed by atoms with Crippen molar-refractivity contribution in [2.45, 2.75) is 173 Å². The van der Waals surface area contributed by atoms with Gasteiger partial charge >= 0.3 is 0 Å². The third-order valence-electron chi connectivity index (χ3n) is 7.62. The lowest BCUT2D eigenvalue weighted by Crippen LogP contribution is -2.36. The van der Waals surface area contributed by atoms with Crippen LogP contribution in [-0.4, -0.2) is 25.4 Å². The van der Waals surface area contributed by atoms with Gasteiger partial charge in [-0.1, -0.05) is 102 Å². The minimum absolute atomic E-state index is 0.250. The van der Waals surface area contributed by atoms with Crippen molar-refractivity contribution >= 4 is 0 Å². The topological polar surface area (TPSA) is 21.8 Å². The van der Waals surface area contributed by atoms with Crippen molar-refractivity contribution in [3.8, 4) is 0 Å². The van der Waals surface area contributed by atoms with Crippen LogP contribution >= 0.6 is 0 Å². The van der Waals surface area contributed by atoms with E-state index in [-0.39, 0.29) is 5.60 Å². The third kappa shape index (κ3) is 24.3. The molecule has 2 nitrogen and oxygen atoms in total. The molecule has 2 heteroatoms. The Morgan fingerprint density at radius 3 is 0.556 bits per heavy atom. The first-order chi connectivity index (χ1) is 16.2. The van der Waals surface area contributed by atoms with Gasteiger partial charge in [-0.2, -0.15) is 0 Å². The van der Waals surface area contributed by atoms with E-state index >= 15 is 0 Å². The van der Waals surface area contributed by atoms with Gasteiger partial charge in [-0.05, 0) is 86.9 Å². The summed E-state index contributed by atoms with van der Waals surface area (Å²) < 4.78 is 9.83. The molecule has 0 aromatic rings. The van der Waals surface area contributed by atoms with Crippen LogP contribution in [0.15, 0.2) is 0 Å². The van der Waals surface area contributed by atoms with E-state index in [1.807, 2.05) is 0 Å². The first-order valence-electron chi connectivity index (χ1n) is 15.4. The minimum Gasteiger partial charge on any atom is -0.380 e. The fourth-order valence-electron chi connectivity index (χ4n) is 2.92. The molecule has 0 atom stereocenters. The fraction of sp³-hybridized carbons (Fsp3) is 1.00. The summed E-state index contributed by atoms with van der Waals surface area (Å²) in [4.78, 5) is 0. The van der Waals surface area contributed by atoms with Crippen LogP contribution in [0.25, 0.3) is 0 Å². The Labute approximate surface area is 229 Å². The van der Waals surface area contributed by atoms with E-state index in [0.29, 0.717) is 5.41 Å². The molecule has 0 amide bonds. The van der Waals surface area contributed by atoms with Crippen LogP contribution in [-0.2, 0) is 9.47 Å². The Bertz CT molecular complexity index is 463. The summed E-state index contributed by atoms with van der Waals surface area (Å²) in [5.41, 5.74) is 3.69. The lowest BCUT2D eigenvalue weighted by Gasteiger charge is -2.33. The van der Waals surface area contributed by atoms with Gasteiger partial charge < -0.3 is 9.47 Å². The number of rotatable bonds is 0. The molecule has 218 valence electrons. The molecule has 0 aromatic carbocycles. The van der Waals surface area contributed by atoms with Crippen LogP contribution in [0, 0.1) is 27.1 Å². The van der Waals surface area contributed by atoms with E-state index in [2.05, 4.69) is 96.9 Å². The summed E-state index contributed by atoms with van der Waals surface area (Å²) in [6, 6.07) is 0. The molecule has 0 unspecified atom stereocenters. The largest absolute Gasteiger partial charge is 0.380 e. The lowest BCUT2D eigenvalue weighted by atomic mass is 9.72. The smallest absolute Gasteiger partial charge is 0.0860 e. The Morgan fingerprint density at radius 2 is 0.556 bits per heavy atom. The van der Waals surface area contributed by atoms with Gasteiger partial charge in [-0.15, -0.1) is 0 Å². The van der Waals surface area contributed by atoms with Crippen LogP contribution < -0.4 is 0 Å². The molecule has 0 radical (unpaired) electrons. The van der Waals surface area contributed by atoms with Crippen molar-refractivity contribution in [2.24, 2.45) is 27.1 Å².